The zero-order chi connectivity index (χ0) is 23.9. The Morgan fingerprint density at radius 1 is 0.939 bits per heavy atom. The highest BCUT2D eigenvalue weighted by Gasteiger charge is 2.57. The molecule has 0 saturated heterocycles. The number of allylic oxidation sites excluding steroid dienone is 2. The number of aryl methyl sites for hydroxylation is 1. The molecule has 8 heteroatoms. The average Bonchev–Trinajstić information content (AvgIpc) is 3.32. The molecule has 2 aliphatic carbocycles. The van der Waals surface area contributed by atoms with Crippen molar-refractivity contribution >= 4 is 33.3 Å². The van der Waals surface area contributed by atoms with Gasteiger partial charge in [-0.1, -0.05) is 29.3 Å². The van der Waals surface area contributed by atoms with Crippen LogP contribution in [0.4, 0.5) is 11.4 Å². The van der Waals surface area contributed by atoms with Gasteiger partial charge in [0.15, 0.2) is 0 Å². The molecule has 2 fully saturated rings. The van der Waals surface area contributed by atoms with Crippen LogP contribution in [0.25, 0.3) is 0 Å². The second-order valence-electron chi connectivity index (χ2n) is 9.07. The fourth-order valence-electron chi connectivity index (χ4n) is 5.44. The second-order valence-corrected chi connectivity index (χ2v) is 10.8. The highest BCUT2D eigenvalue weighted by atomic mass is 32.2. The number of aliphatic carboxylic acids is 1. The largest absolute Gasteiger partial charge is 0.481 e. The summed E-state index contributed by atoms with van der Waals surface area (Å²) in [5.74, 6) is -2.77. The van der Waals surface area contributed by atoms with Crippen molar-refractivity contribution in [3.8, 4) is 0 Å². The Morgan fingerprint density at radius 3 is 2.12 bits per heavy atom. The van der Waals surface area contributed by atoms with Gasteiger partial charge in [-0.2, -0.15) is 0 Å². The molecule has 4 atom stereocenters. The number of rotatable bonds is 6. The lowest BCUT2D eigenvalue weighted by molar-refractivity contribution is -0.148. The predicted octanol–water partition coefficient (Wildman–Crippen LogP) is 4.43. The molecule has 2 aromatic rings. The number of hydrogen-bond acceptors (Lipinski definition) is 4. The van der Waals surface area contributed by atoms with E-state index in [1.165, 1.54) is 24.3 Å². The summed E-state index contributed by atoms with van der Waals surface area (Å²) >= 11 is 0. The average molecular weight is 469 g/mol. The van der Waals surface area contributed by atoms with Gasteiger partial charge in [0.1, 0.15) is 0 Å². The van der Waals surface area contributed by atoms with Gasteiger partial charge in [0.25, 0.3) is 10.0 Å². The van der Waals surface area contributed by atoms with Crippen molar-refractivity contribution in [1.82, 2.24) is 0 Å². The van der Waals surface area contributed by atoms with Crippen molar-refractivity contribution < 1.29 is 23.1 Å². The van der Waals surface area contributed by atoms with Crippen LogP contribution in [0.15, 0.2) is 64.6 Å². The van der Waals surface area contributed by atoms with Gasteiger partial charge in [-0.25, -0.2) is 8.42 Å². The zero-order valence-electron chi connectivity index (χ0n) is 18.8. The summed E-state index contributed by atoms with van der Waals surface area (Å²) in [6.45, 7) is 5.77. The second kappa shape index (κ2) is 8.67. The number of para-hydroxylation sites is 1. The van der Waals surface area contributed by atoms with Crippen molar-refractivity contribution in [1.29, 1.82) is 0 Å². The van der Waals surface area contributed by atoms with Crippen molar-refractivity contribution in [3.05, 3.63) is 65.2 Å². The van der Waals surface area contributed by atoms with Gasteiger partial charge in [0.05, 0.1) is 22.4 Å². The third kappa shape index (κ3) is 4.27. The van der Waals surface area contributed by atoms with Crippen LogP contribution < -0.4 is 10.0 Å². The fourth-order valence-corrected chi connectivity index (χ4v) is 6.57. The highest BCUT2D eigenvalue weighted by Crippen LogP contribution is 2.57. The molecule has 3 N–H and O–H groups in total. The third-order valence-corrected chi connectivity index (χ3v) is 8.21. The van der Waals surface area contributed by atoms with E-state index in [4.69, 9.17) is 0 Å². The van der Waals surface area contributed by atoms with Gasteiger partial charge >= 0.3 is 5.97 Å². The molecule has 0 aromatic heterocycles. The van der Waals surface area contributed by atoms with Crippen LogP contribution in [0, 0.1) is 30.6 Å². The molecule has 4 unspecified atom stereocenters. The molecule has 0 spiro atoms. The van der Waals surface area contributed by atoms with E-state index >= 15 is 0 Å². The lowest BCUT2D eigenvalue weighted by Crippen LogP contribution is -2.37. The number of carbonyl (C=O) groups excluding carboxylic acids is 1. The molecular weight excluding hydrogens is 440 g/mol. The van der Waals surface area contributed by atoms with Crippen LogP contribution in [0.3, 0.4) is 0 Å². The number of nitrogens with one attached hydrogen (secondary N) is 2. The van der Waals surface area contributed by atoms with Crippen LogP contribution in [0.5, 0.6) is 0 Å². The number of sulfonamides is 1. The minimum Gasteiger partial charge on any atom is -0.481 e. The molecule has 2 bridgehead atoms. The zero-order valence-corrected chi connectivity index (χ0v) is 19.6. The molecule has 1 amide bonds. The van der Waals surface area contributed by atoms with E-state index in [0.29, 0.717) is 11.4 Å². The van der Waals surface area contributed by atoms with E-state index in [0.717, 1.165) is 29.6 Å². The van der Waals surface area contributed by atoms with Gasteiger partial charge in [-0.3, -0.25) is 14.3 Å². The minimum absolute atomic E-state index is 0.0564. The topological polar surface area (TPSA) is 113 Å². The Morgan fingerprint density at radius 2 is 1.55 bits per heavy atom. The van der Waals surface area contributed by atoms with Crippen molar-refractivity contribution in [2.24, 2.45) is 23.7 Å². The Kier molecular flexibility index (Phi) is 6.05. The van der Waals surface area contributed by atoms with Gasteiger partial charge < -0.3 is 10.4 Å². The van der Waals surface area contributed by atoms with Gasteiger partial charge in [-0.15, -0.1) is 0 Å². The third-order valence-electron chi connectivity index (χ3n) is 6.83. The molecule has 0 aliphatic heterocycles. The molecule has 2 aromatic carbocycles. The molecule has 2 saturated carbocycles. The molecule has 7 nitrogen and oxygen atoms in total. The maximum atomic E-state index is 13.1. The molecule has 0 heterocycles. The summed E-state index contributed by atoms with van der Waals surface area (Å²) in [5, 5.41) is 12.6. The van der Waals surface area contributed by atoms with Crippen molar-refractivity contribution in [3.63, 3.8) is 0 Å². The molecule has 33 heavy (non-hydrogen) atoms. The standard InChI is InChI=1S/C25H28N2O5S/c1-14(2)21-18-12-13-19(21)23(25(29)30)22(18)24(28)26-16-8-10-17(11-9-16)33(31,32)27-20-7-5-4-6-15(20)3/h4-11,18-19,22-23,27H,12-13H2,1-3H3,(H,26,28)(H,29,30). The molecule has 2 aliphatic rings. The number of carboxylic acid groups (broad SMARTS) is 1. The number of carboxylic acids is 1. The number of carbonyl (C=O) groups is 2. The van der Waals surface area contributed by atoms with E-state index < -0.39 is 27.8 Å². The van der Waals surface area contributed by atoms with Gasteiger partial charge in [0.2, 0.25) is 5.91 Å². The summed E-state index contributed by atoms with van der Waals surface area (Å²) in [5.41, 5.74) is 3.95. The molecule has 0 radical (unpaired) electrons. The Balaban J connectivity index is 1.51. The minimum atomic E-state index is -3.79. The summed E-state index contributed by atoms with van der Waals surface area (Å²) in [7, 11) is -3.79. The number of hydrogen-bond donors (Lipinski definition) is 3. The van der Waals surface area contributed by atoms with Crippen LogP contribution in [-0.4, -0.2) is 25.4 Å². The Bertz CT molecular complexity index is 1230. The summed E-state index contributed by atoms with van der Waals surface area (Å²) in [6.07, 6.45) is 1.61. The monoisotopic (exact) mass is 468 g/mol. The van der Waals surface area contributed by atoms with E-state index in [2.05, 4.69) is 10.0 Å². The number of amides is 1. The van der Waals surface area contributed by atoms with Crippen LogP contribution in [-0.2, 0) is 19.6 Å². The first-order valence-corrected chi connectivity index (χ1v) is 12.5. The normalized spacial score (nSPS) is 23.9. The van der Waals surface area contributed by atoms with E-state index in [1.807, 2.05) is 32.9 Å². The number of benzene rings is 2. The smallest absolute Gasteiger partial charge is 0.307 e. The first-order valence-electron chi connectivity index (χ1n) is 11.0. The quantitative estimate of drug-likeness (QED) is 0.543. The molecular formula is C25H28N2O5S. The summed E-state index contributed by atoms with van der Waals surface area (Å²) in [4.78, 5) is 25.2. The fraction of sp³-hybridized carbons (Fsp3) is 0.360. The van der Waals surface area contributed by atoms with Crippen LogP contribution in [0.1, 0.15) is 32.3 Å². The molecule has 174 valence electrons. The maximum absolute atomic E-state index is 13.1. The summed E-state index contributed by atoms with van der Waals surface area (Å²) in [6, 6.07) is 13.0. The first kappa shape index (κ1) is 23.0. The van der Waals surface area contributed by atoms with E-state index in [1.54, 1.807) is 12.1 Å². The number of anilines is 2. The summed E-state index contributed by atoms with van der Waals surface area (Å²) < 4.78 is 28.0. The Hall–Kier alpha value is -3.13. The van der Waals surface area contributed by atoms with Gasteiger partial charge in [-0.05, 0) is 81.3 Å². The predicted molar refractivity (Wildman–Crippen MR) is 126 cm³/mol. The highest BCUT2D eigenvalue weighted by molar-refractivity contribution is 7.92. The van der Waals surface area contributed by atoms with Gasteiger partial charge in [0, 0.05) is 5.69 Å². The maximum Gasteiger partial charge on any atom is 0.307 e. The van der Waals surface area contributed by atoms with Crippen molar-refractivity contribution in [2.45, 2.75) is 38.5 Å². The number of fused-ring (bicyclic) bond motifs is 2. The molecule has 4 rings (SSSR count). The van der Waals surface area contributed by atoms with Crippen LogP contribution in [0.2, 0.25) is 0 Å². The first-order chi connectivity index (χ1) is 15.6. The van der Waals surface area contributed by atoms with Crippen LogP contribution >= 0.6 is 0 Å². The SMILES string of the molecule is CC(C)=C1C2CCC1C(C(=O)Nc1ccc(S(=O)(=O)Nc3ccccc3C)cc1)C2C(=O)O. The Labute approximate surface area is 194 Å². The van der Waals surface area contributed by atoms with E-state index in [9.17, 15) is 23.1 Å². The lowest BCUT2D eigenvalue weighted by atomic mass is 9.78. The lowest BCUT2D eigenvalue weighted by Gasteiger charge is -2.26. The van der Waals surface area contributed by atoms with Crippen molar-refractivity contribution in [2.75, 3.05) is 10.0 Å². The van der Waals surface area contributed by atoms with E-state index in [-0.39, 0.29) is 22.6 Å².